The smallest absolute Gasteiger partial charge is 0.289 e. The zero-order valence-electron chi connectivity index (χ0n) is 14.8. The Bertz CT molecular complexity index is 918. The average Bonchev–Trinajstić information content (AvgIpc) is 3.19. The zero-order chi connectivity index (χ0) is 18.6. The Balaban J connectivity index is 1.38. The van der Waals surface area contributed by atoms with E-state index in [4.69, 9.17) is 16.0 Å². The minimum Gasteiger partial charge on any atom is -0.451 e. The van der Waals surface area contributed by atoms with E-state index in [0.29, 0.717) is 29.6 Å². The van der Waals surface area contributed by atoms with Gasteiger partial charge in [-0.3, -0.25) is 14.7 Å². The van der Waals surface area contributed by atoms with Gasteiger partial charge in [0, 0.05) is 50.7 Å². The maximum atomic E-state index is 12.8. The second kappa shape index (κ2) is 7.94. The molecule has 1 aromatic carbocycles. The van der Waals surface area contributed by atoms with Crippen molar-refractivity contribution in [3.63, 3.8) is 0 Å². The van der Waals surface area contributed by atoms with Gasteiger partial charge in [0.1, 0.15) is 5.76 Å². The number of rotatable bonds is 4. The Morgan fingerprint density at radius 3 is 2.59 bits per heavy atom. The van der Waals surface area contributed by atoms with Crippen LogP contribution in [0.15, 0.2) is 65.3 Å². The third kappa shape index (κ3) is 4.04. The number of aromatic nitrogens is 1. The monoisotopic (exact) mass is 381 g/mol. The first kappa shape index (κ1) is 17.8. The Labute approximate surface area is 163 Å². The molecule has 1 aliphatic rings. The van der Waals surface area contributed by atoms with Gasteiger partial charge < -0.3 is 9.32 Å². The van der Waals surface area contributed by atoms with Crippen LogP contribution in [-0.2, 0) is 6.54 Å². The molecule has 0 aliphatic carbocycles. The van der Waals surface area contributed by atoms with Gasteiger partial charge >= 0.3 is 0 Å². The van der Waals surface area contributed by atoms with Crippen molar-refractivity contribution >= 4 is 17.5 Å². The van der Waals surface area contributed by atoms with Crippen LogP contribution in [0.3, 0.4) is 0 Å². The van der Waals surface area contributed by atoms with Crippen molar-refractivity contribution in [2.24, 2.45) is 0 Å². The van der Waals surface area contributed by atoms with E-state index in [1.165, 1.54) is 5.56 Å². The molecule has 0 saturated carbocycles. The molecule has 0 atom stereocenters. The summed E-state index contributed by atoms with van der Waals surface area (Å²) < 4.78 is 5.79. The number of carbonyl (C=O) groups is 1. The van der Waals surface area contributed by atoms with Crippen LogP contribution in [0.2, 0.25) is 5.02 Å². The largest absolute Gasteiger partial charge is 0.451 e. The summed E-state index contributed by atoms with van der Waals surface area (Å²) in [7, 11) is 0. The summed E-state index contributed by atoms with van der Waals surface area (Å²) in [4.78, 5) is 21.1. The third-order valence-electron chi connectivity index (χ3n) is 4.74. The highest BCUT2D eigenvalue weighted by Gasteiger charge is 2.24. The number of hydrogen-bond donors (Lipinski definition) is 0. The predicted octanol–water partition coefficient (Wildman–Crippen LogP) is 3.95. The van der Waals surface area contributed by atoms with E-state index in [2.05, 4.69) is 16.0 Å². The number of benzene rings is 1. The van der Waals surface area contributed by atoms with Gasteiger partial charge in [0.25, 0.3) is 5.91 Å². The molecule has 0 spiro atoms. The van der Waals surface area contributed by atoms with Crippen LogP contribution in [0.1, 0.15) is 16.1 Å². The average molecular weight is 382 g/mol. The van der Waals surface area contributed by atoms with Crippen molar-refractivity contribution in [3.8, 4) is 11.3 Å². The molecule has 5 nitrogen and oxygen atoms in total. The Hall–Kier alpha value is -2.63. The summed E-state index contributed by atoms with van der Waals surface area (Å²) in [6.45, 7) is 3.88. The summed E-state index contributed by atoms with van der Waals surface area (Å²) >= 11 is 6.21. The standard InChI is InChI=1S/C21H20ClN3O2/c22-18-6-2-1-5-17(18)19-7-8-20(27-19)21(26)25-12-10-24(11-13-25)15-16-4-3-9-23-14-16/h1-9,14H,10-13,15H2. The van der Waals surface area contributed by atoms with Gasteiger partial charge in [0.2, 0.25) is 0 Å². The molecule has 6 heteroatoms. The van der Waals surface area contributed by atoms with Crippen molar-refractivity contribution < 1.29 is 9.21 Å². The molecule has 4 rings (SSSR count). The number of nitrogens with zero attached hydrogens (tertiary/aromatic N) is 3. The first-order chi connectivity index (χ1) is 13.2. The molecular weight excluding hydrogens is 362 g/mol. The van der Waals surface area contributed by atoms with E-state index in [-0.39, 0.29) is 5.91 Å². The third-order valence-corrected chi connectivity index (χ3v) is 5.07. The lowest BCUT2D eigenvalue weighted by Gasteiger charge is -2.34. The van der Waals surface area contributed by atoms with Crippen molar-refractivity contribution in [2.75, 3.05) is 26.2 Å². The van der Waals surface area contributed by atoms with E-state index in [1.807, 2.05) is 41.4 Å². The fourth-order valence-electron chi connectivity index (χ4n) is 3.27. The van der Waals surface area contributed by atoms with Gasteiger partial charge in [0.05, 0.1) is 5.02 Å². The molecule has 1 fully saturated rings. The summed E-state index contributed by atoms with van der Waals surface area (Å²) in [5, 5.41) is 0.606. The first-order valence-electron chi connectivity index (χ1n) is 8.96. The van der Waals surface area contributed by atoms with Gasteiger partial charge in [-0.15, -0.1) is 0 Å². The van der Waals surface area contributed by atoms with E-state index < -0.39 is 0 Å². The molecule has 1 saturated heterocycles. The summed E-state index contributed by atoms with van der Waals surface area (Å²) in [5.74, 6) is 0.888. The van der Waals surface area contributed by atoms with Gasteiger partial charge in [-0.1, -0.05) is 29.8 Å². The highest BCUT2D eigenvalue weighted by molar-refractivity contribution is 6.33. The number of piperazine rings is 1. The summed E-state index contributed by atoms with van der Waals surface area (Å²) in [6.07, 6.45) is 3.66. The van der Waals surface area contributed by atoms with E-state index in [0.717, 1.165) is 25.2 Å². The molecule has 1 aliphatic heterocycles. The number of amides is 1. The van der Waals surface area contributed by atoms with Crippen LogP contribution in [0.4, 0.5) is 0 Å². The van der Waals surface area contributed by atoms with Crippen LogP contribution in [0.25, 0.3) is 11.3 Å². The number of pyridine rings is 1. The fraction of sp³-hybridized carbons (Fsp3) is 0.238. The van der Waals surface area contributed by atoms with Crippen molar-refractivity contribution in [1.82, 2.24) is 14.8 Å². The topological polar surface area (TPSA) is 49.6 Å². The fourth-order valence-corrected chi connectivity index (χ4v) is 3.50. The van der Waals surface area contributed by atoms with Crippen LogP contribution >= 0.6 is 11.6 Å². The Morgan fingerprint density at radius 1 is 1.04 bits per heavy atom. The highest BCUT2D eigenvalue weighted by atomic mass is 35.5. The van der Waals surface area contributed by atoms with Crippen LogP contribution in [-0.4, -0.2) is 46.9 Å². The maximum absolute atomic E-state index is 12.8. The van der Waals surface area contributed by atoms with Gasteiger partial charge in [0.15, 0.2) is 5.76 Å². The van der Waals surface area contributed by atoms with Crippen molar-refractivity contribution in [2.45, 2.75) is 6.54 Å². The van der Waals surface area contributed by atoms with E-state index in [1.54, 1.807) is 18.3 Å². The molecule has 1 amide bonds. The minimum atomic E-state index is -0.0747. The summed E-state index contributed by atoms with van der Waals surface area (Å²) in [6, 6.07) is 15.0. The normalized spacial score (nSPS) is 15.1. The van der Waals surface area contributed by atoms with Crippen molar-refractivity contribution in [3.05, 3.63) is 77.3 Å². The molecule has 2 aromatic heterocycles. The second-order valence-corrected chi connectivity index (χ2v) is 6.98. The van der Waals surface area contributed by atoms with Gasteiger partial charge in [-0.2, -0.15) is 0 Å². The lowest BCUT2D eigenvalue weighted by molar-refractivity contribution is 0.0598. The second-order valence-electron chi connectivity index (χ2n) is 6.57. The summed E-state index contributed by atoms with van der Waals surface area (Å²) in [5.41, 5.74) is 1.98. The molecular formula is C21H20ClN3O2. The molecule has 27 heavy (non-hydrogen) atoms. The molecule has 3 heterocycles. The zero-order valence-corrected chi connectivity index (χ0v) is 15.6. The molecule has 0 unspecified atom stereocenters. The minimum absolute atomic E-state index is 0.0747. The van der Waals surface area contributed by atoms with Crippen molar-refractivity contribution in [1.29, 1.82) is 0 Å². The molecule has 0 radical (unpaired) electrons. The van der Waals surface area contributed by atoms with Crippen LogP contribution in [0.5, 0.6) is 0 Å². The molecule has 3 aromatic rings. The number of furan rings is 1. The van der Waals surface area contributed by atoms with Crippen LogP contribution in [0, 0.1) is 0 Å². The van der Waals surface area contributed by atoms with Gasteiger partial charge in [-0.05, 0) is 35.9 Å². The lowest BCUT2D eigenvalue weighted by atomic mass is 10.2. The Morgan fingerprint density at radius 2 is 1.85 bits per heavy atom. The van der Waals surface area contributed by atoms with Gasteiger partial charge in [-0.25, -0.2) is 0 Å². The number of halogens is 1. The molecule has 0 N–H and O–H groups in total. The SMILES string of the molecule is O=C(c1ccc(-c2ccccc2Cl)o1)N1CCN(Cc2cccnc2)CC1. The molecule has 138 valence electrons. The Kier molecular flexibility index (Phi) is 5.23. The maximum Gasteiger partial charge on any atom is 0.289 e. The number of hydrogen-bond acceptors (Lipinski definition) is 4. The van der Waals surface area contributed by atoms with E-state index in [9.17, 15) is 4.79 Å². The van der Waals surface area contributed by atoms with Crippen LogP contribution < -0.4 is 0 Å². The number of carbonyl (C=O) groups excluding carboxylic acids is 1. The first-order valence-corrected chi connectivity index (χ1v) is 9.34. The molecule has 0 bridgehead atoms. The highest BCUT2D eigenvalue weighted by Crippen LogP contribution is 2.29. The predicted molar refractivity (Wildman–Crippen MR) is 105 cm³/mol. The lowest BCUT2D eigenvalue weighted by Crippen LogP contribution is -2.48. The quantitative estimate of drug-likeness (QED) is 0.686. The van der Waals surface area contributed by atoms with E-state index >= 15 is 0 Å².